The van der Waals surface area contributed by atoms with E-state index in [9.17, 15) is 4.79 Å². The fourth-order valence-corrected chi connectivity index (χ4v) is 2.95. The van der Waals surface area contributed by atoms with Gasteiger partial charge in [0.2, 0.25) is 5.91 Å². The van der Waals surface area contributed by atoms with Gasteiger partial charge in [0.25, 0.3) is 0 Å². The number of hydrogen-bond acceptors (Lipinski definition) is 3. The minimum atomic E-state index is 0.0625. The molecule has 1 heterocycles. The quantitative estimate of drug-likeness (QED) is 0.870. The van der Waals surface area contributed by atoms with Crippen LogP contribution >= 0.6 is 0 Å². The normalized spacial score (nSPS) is 19.0. The summed E-state index contributed by atoms with van der Waals surface area (Å²) in [7, 11) is 0. The Bertz CT molecular complexity index is 523. The fourth-order valence-electron chi connectivity index (χ4n) is 2.95. The highest BCUT2D eigenvalue weighted by Gasteiger charge is 2.23. The van der Waals surface area contributed by atoms with Gasteiger partial charge in [0.1, 0.15) is 0 Å². The maximum absolute atomic E-state index is 12.1. The molecule has 0 spiro atoms. The Balaban J connectivity index is 1.66. The molecule has 0 radical (unpaired) electrons. The zero-order valence-corrected chi connectivity index (χ0v) is 12.8. The molecule has 0 aromatic heterocycles. The molecule has 1 atom stereocenters. The Kier molecular flexibility index (Phi) is 4.15. The largest absolute Gasteiger partial charge is 0.362 e. The molecule has 3 N–H and O–H groups in total. The Labute approximate surface area is 126 Å². The molecular formula is C17H25N3O. The Morgan fingerprint density at radius 3 is 3.00 bits per heavy atom. The zero-order chi connectivity index (χ0) is 14.8. The summed E-state index contributed by atoms with van der Waals surface area (Å²) < 4.78 is 0. The van der Waals surface area contributed by atoms with Gasteiger partial charge in [-0.05, 0) is 55.7 Å². The summed E-state index contributed by atoms with van der Waals surface area (Å²) in [6, 6.07) is 6.48. The zero-order valence-electron chi connectivity index (χ0n) is 12.8. The SMILES string of the molecule is CC(N)c1ccc2c(c1)CCCN2CC(=O)NCC1CC1. The van der Waals surface area contributed by atoms with Crippen LogP contribution in [0.2, 0.25) is 0 Å². The highest BCUT2D eigenvalue weighted by atomic mass is 16.2. The number of amides is 1. The van der Waals surface area contributed by atoms with E-state index in [-0.39, 0.29) is 11.9 Å². The van der Waals surface area contributed by atoms with E-state index in [1.807, 2.05) is 6.92 Å². The summed E-state index contributed by atoms with van der Waals surface area (Å²) in [6.45, 7) is 4.29. The standard InChI is InChI=1S/C17H25N3O/c1-12(18)14-6-7-16-15(9-14)3-2-8-20(16)11-17(21)19-10-13-4-5-13/h6-7,9,12-13H,2-5,8,10-11,18H2,1H3,(H,19,21). The van der Waals surface area contributed by atoms with Gasteiger partial charge in [-0.15, -0.1) is 0 Å². The first-order chi connectivity index (χ1) is 10.1. The summed E-state index contributed by atoms with van der Waals surface area (Å²) in [6.07, 6.45) is 4.72. The molecule has 0 saturated heterocycles. The summed E-state index contributed by atoms with van der Waals surface area (Å²) in [5.74, 6) is 0.877. The second kappa shape index (κ2) is 6.06. The maximum Gasteiger partial charge on any atom is 0.239 e. The van der Waals surface area contributed by atoms with E-state index in [2.05, 4.69) is 28.4 Å². The van der Waals surface area contributed by atoms with Crippen LogP contribution in [-0.4, -0.2) is 25.5 Å². The van der Waals surface area contributed by atoms with E-state index in [1.165, 1.54) is 29.7 Å². The molecule has 2 aliphatic rings. The van der Waals surface area contributed by atoms with Gasteiger partial charge in [0.05, 0.1) is 6.54 Å². The highest BCUT2D eigenvalue weighted by Crippen LogP contribution is 2.29. The van der Waals surface area contributed by atoms with Gasteiger partial charge in [0.15, 0.2) is 0 Å². The third kappa shape index (κ3) is 3.56. The van der Waals surface area contributed by atoms with Crippen LogP contribution in [0.4, 0.5) is 5.69 Å². The van der Waals surface area contributed by atoms with Crippen LogP contribution in [0.1, 0.15) is 43.4 Å². The van der Waals surface area contributed by atoms with Crippen LogP contribution < -0.4 is 16.0 Å². The number of fused-ring (bicyclic) bond motifs is 1. The van der Waals surface area contributed by atoms with Crippen molar-refractivity contribution in [2.24, 2.45) is 11.7 Å². The van der Waals surface area contributed by atoms with Gasteiger partial charge >= 0.3 is 0 Å². The lowest BCUT2D eigenvalue weighted by Crippen LogP contribution is -2.40. The topological polar surface area (TPSA) is 58.4 Å². The van der Waals surface area contributed by atoms with Crippen LogP contribution in [0.15, 0.2) is 18.2 Å². The number of hydrogen-bond donors (Lipinski definition) is 2. The van der Waals surface area contributed by atoms with Crippen LogP contribution in [0.3, 0.4) is 0 Å². The van der Waals surface area contributed by atoms with Crippen molar-refractivity contribution in [2.45, 2.75) is 38.6 Å². The first-order valence-electron chi connectivity index (χ1n) is 8.03. The Hall–Kier alpha value is -1.55. The fraction of sp³-hybridized carbons (Fsp3) is 0.588. The van der Waals surface area contributed by atoms with E-state index in [4.69, 9.17) is 5.73 Å². The number of benzene rings is 1. The minimum absolute atomic E-state index is 0.0625. The van der Waals surface area contributed by atoms with Gasteiger partial charge < -0.3 is 16.0 Å². The summed E-state index contributed by atoms with van der Waals surface area (Å²) in [4.78, 5) is 14.3. The van der Waals surface area contributed by atoms with Crippen molar-refractivity contribution in [2.75, 3.05) is 24.5 Å². The minimum Gasteiger partial charge on any atom is -0.362 e. The van der Waals surface area contributed by atoms with Gasteiger partial charge in [-0.3, -0.25) is 4.79 Å². The van der Waals surface area contributed by atoms with Crippen molar-refractivity contribution in [3.05, 3.63) is 29.3 Å². The molecule has 3 rings (SSSR count). The highest BCUT2D eigenvalue weighted by molar-refractivity contribution is 5.82. The lowest BCUT2D eigenvalue weighted by atomic mass is 9.97. The van der Waals surface area contributed by atoms with Crippen LogP contribution in [0.5, 0.6) is 0 Å². The summed E-state index contributed by atoms with van der Waals surface area (Å²) in [5, 5.41) is 3.05. The second-order valence-corrected chi connectivity index (χ2v) is 6.45. The first kappa shape index (κ1) is 14.4. The molecular weight excluding hydrogens is 262 g/mol. The van der Waals surface area contributed by atoms with Crippen LogP contribution in [-0.2, 0) is 11.2 Å². The predicted octanol–water partition coefficient (Wildman–Crippen LogP) is 1.99. The van der Waals surface area contributed by atoms with Gasteiger partial charge in [-0.1, -0.05) is 12.1 Å². The molecule has 1 aromatic carbocycles. The second-order valence-electron chi connectivity index (χ2n) is 6.45. The molecule has 1 aliphatic carbocycles. The molecule has 21 heavy (non-hydrogen) atoms. The van der Waals surface area contributed by atoms with E-state index in [0.717, 1.165) is 31.8 Å². The Morgan fingerprint density at radius 2 is 2.29 bits per heavy atom. The maximum atomic E-state index is 12.1. The number of carbonyl (C=O) groups excluding carboxylic acids is 1. The third-order valence-corrected chi connectivity index (χ3v) is 4.46. The average molecular weight is 287 g/mol. The van der Waals surface area contributed by atoms with Crippen LogP contribution in [0, 0.1) is 5.92 Å². The number of carbonyl (C=O) groups is 1. The third-order valence-electron chi connectivity index (χ3n) is 4.46. The molecule has 4 nitrogen and oxygen atoms in total. The number of nitrogens with one attached hydrogen (secondary N) is 1. The number of aryl methyl sites for hydroxylation is 1. The Morgan fingerprint density at radius 1 is 1.48 bits per heavy atom. The number of nitrogens with two attached hydrogens (primary N) is 1. The summed E-state index contributed by atoms with van der Waals surface area (Å²) >= 11 is 0. The van der Waals surface area contributed by atoms with Crippen molar-refractivity contribution in [1.29, 1.82) is 0 Å². The monoisotopic (exact) mass is 287 g/mol. The van der Waals surface area contributed by atoms with Gasteiger partial charge in [-0.25, -0.2) is 0 Å². The van der Waals surface area contributed by atoms with E-state index in [0.29, 0.717) is 6.54 Å². The predicted molar refractivity (Wildman–Crippen MR) is 85.3 cm³/mol. The molecule has 1 amide bonds. The van der Waals surface area contributed by atoms with Crippen molar-refractivity contribution < 1.29 is 4.79 Å². The lowest BCUT2D eigenvalue weighted by Gasteiger charge is -2.31. The number of rotatable bonds is 5. The first-order valence-corrected chi connectivity index (χ1v) is 8.03. The van der Waals surface area contributed by atoms with Crippen molar-refractivity contribution in [3.63, 3.8) is 0 Å². The smallest absolute Gasteiger partial charge is 0.239 e. The van der Waals surface area contributed by atoms with Crippen molar-refractivity contribution in [1.82, 2.24) is 5.32 Å². The van der Waals surface area contributed by atoms with E-state index >= 15 is 0 Å². The van der Waals surface area contributed by atoms with Gasteiger partial charge in [0, 0.05) is 24.8 Å². The molecule has 114 valence electrons. The number of nitrogens with zero attached hydrogens (tertiary/aromatic N) is 1. The molecule has 1 fully saturated rings. The summed E-state index contributed by atoms with van der Waals surface area (Å²) in [5.41, 5.74) is 9.66. The molecule has 0 bridgehead atoms. The molecule has 4 heteroatoms. The van der Waals surface area contributed by atoms with Gasteiger partial charge in [-0.2, -0.15) is 0 Å². The van der Waals surface area contributed by atoms with Crippen molar-refractivity contribution in [3.8, 4) is 0 Å². The van der Waals surface area contributed by atoms with E-state index < -0.39 is 0 Å². The lowest BCUT2D eigenvalue weighted by molar-refractivity contribution is -0.119. The van der Waals surface area contributed by atoms with Crippen molar-refractivity contribution >= 4 is 11.6 Å². The van der Waals surface area contributed by atoms with Crippen LogP contribution in [0.25, 0.3) is 0 Å². The molecule has 1 unspecified atom stereocenters. The number of anilines is 1. The van der Waals surface area contributed by atoms with E-state index in [1.54, 1.807) is 0 Å². The average Bonchev–Trinajstić information content (AvgIpc) is 3.29. The molecule has 1 aromatic rings. The molecule has 1 aliphatic heterocycles. The molecule has 1 saturated carbocycles.